The summed E-state index contributed by atoms with van der Waals surface area (Å²) in [5.41, 5.74) is 0. The van der Waals surface area contributed by atoms with Crippen molar-refractivity contribution in [3.63, 3.8) is 0 Å². The molecule has 0 spiro atoms. The number of hydrogen-bond donors (Lipinski definition) is 0. The Labute approximate surface area is 61.6 Å². The fourth-order valence-corrected chi connectivity index (χ4v) is 0.881. The molecule has 51 valence electrons. The minimum atomic E-state index is 0.572. The van der Waals surface area contributed by atoms with Gasteiger partial charge in [0.1, 0.15) is 0 Å². The Bertz CT molecular complexity index is 89.6. The van der Waals surface area contributed by atoms with E-state index in [9.17, 15) is 0 Å². The first-order chi connectivity index (χ1) is 4.35. The van der Waals surface area contributed by atoms with Crippen LogP contribution in [0.2, 0.25) is 0 Å². The van der Waals surface area contributed by atoms with Crippen LogP contribution < -0.4 is 0 Å². The van der Waals surface area contributed by atoms with Crippen LogP contribution in [0.3, 0.4) is 0 Å². The van der Waals surface area contributed by atoms with E-state index in [0.717, 1.165) is 25.2 Å². The molecule has 0 aromatic rings. The summed E-state index contributed by atoms with van der Waals surface area (Å²) in [4.78, 5) is 0. The number of nitriles is 1. The molecule has 0 aromatic carbocycles. The molecule has 0 aliphatic rings. The van der Waals surface area contributed by atoms with Crippen LogP contribution >= 0.6 is 11.6 Å². The van der Waals surface area contributed by atoms with E-state index in [2.05, 4.69) is 13.0 Å². The summed E-state index contributed by atoms with van der Waals surface area (Å²) >= 11 is 5.44. The molecule has 0 aromatic heterocycles. The second-order valence-electron chi connectivity index (χ2n) is 1.90. The van der Waals surface area contributed by atoms with E-state index in [1.165, 1.54) is 0 Å². The molecule has 0 fully saturated rings. The van der Waals surface area contributed by atoms with Crippen LogP contribution in [0.5, 0.6) is 0 Å². The smallest absolute Gasteiger partial charge is 0.0771 e. The lowest BCUT2D eigenvalue weighted by Gasteiger charge is -2.00. The molecule has 0 saturated carbocycles. The van der Waals surface area contributed by atoms with E-state index in [1.807, 2.05) is 0 Å². The van der Waals surface area contributed by atoms with Crippen molar-refractivity contribution in [2.45, 2.75) is 26.2 Å². The normalized spacial score (nSPS) is 9.56. The molecule has 0 atom stereocenters. The van der Waals surface area contributed by atoms with Crippen LogP contribution in [0.4, 0.5) is 0 Å². The van der Waals surface area contributed by atoms with Gasteiger partial charge in [0.05, 0.1) is 12.0 Å². The second kappa shape index (κ2) is 5.91. The molecule has 0 amide bonds. The molecule has 1 radical (unpaired) electrons. The molecule has 0 bridgehead atoms. The molecular weight excluding hydrogens is 134 g/mol. The maximum atomic E-state index is 8.44. The summed E-state index contributed by atoms with van der Waals surface area (Å²) in [6.07, 6.45) is 2.70. The molecule has 1 nitrogen and oxygen atoms in total. The van der Waals surface area contributed by atoms with Crippen molar-refractivity contribution in [3.05, 3.63) is 5.92 Å². The van der Waals surface area contributed by atoms with E-state index in [1.54, 1.807) is 0 Å². The Morgan fingerprint density at radius 1 is 1.56 bits per heavy atom. The average molecular weight is 145 g/mol. The van der Waals surface area contributed by atoms with E-state index < -0.39 is 0 Å². The topological polar surface area (TPSA) is 23.8 Å². The molecule has 0 saturated heterocycles. The fraction of sp³-hybridized carbons (Fsp3) is 0.714. The number of rotatable bonds is 4. The third-order valence-corrected chi connectivity index (χ3v) is 1.30. The lowest BCUT2D eigenvalue weighted by atomic mass is 10.0. The van der Waals surface area contributed by atoms with E-state index in [0.29, 0.717) is 5.88 Å². The maximum Gasteiger partial charge on any atom is 0.0771 e. The highest BCUT2D eigenvalue weighted by molar-refractivity contribution is 6.17. The van der Waals surface area contributed by atoms with Crippen LogP contribution in [0, 0.1) is 17.2 Å². The quantitative estimate of drug-likeness (QED) is 0.557. The maximum absolute atomic E-state index is 8.44. The van der Waals surface area contributed by atoms with Crippen molar-refractivity contribution in [3.8, 4) is 6.07 Å². The molecule has 0 aliphatic heterocycles. The Kier molecular flexibility index (Phi) is 5.76. The molecule has 0 unspecified atom stereocenters. The van der Waals surface area contributed by atoms with Gasteiger partial charge in [-0.25, -0.2) is 0 Å². The monoisotopic (exact) mass is 144 g/mol. The zero-order valence-electron chi connectivity index (χ0n) is 5.65. The minimum Gasteiger partial charge on any atom is -0.198 e. The predicted molar refractivity (Wildman–Crippen MR) is 39.1 cm³/mol. The van der Waals surface area contributed by atoms with Crippen molar-refractivity contribution < 1.29 is 0 Å². The van der Waals surface area contributed by atoms with Crippen LogP contribution in [-0.2, 0) is 0 Å². The molecule has 0 aliphatic carbocycles. The Morgan fingerprint density at radius 3 is 2.56 bits per heavy atom. The van der Waals surface area contributed by atoms with Crippen molar-refractivity contribution in [2.75, 3.05) is 5.88 Å². The zero-order valence-corrected chi connectivity index (χ0v) is 6.41. The van der Waals surface area contributed by atoms with Crippen LogP contribution in [-0.4, -0.2) is 5.88 Å². The van der Waals surface area contributed by atoms with Gasteiger partial charge in [-0.05, 0) is 12.8 Å². The van der Waals surface area contributed by atoms with Gasteiger partial charge < -0.3 is 0 Å². The molecule has 0 N–H and O–H groups in total. The SMILES string of the molecule is CCC[C](C#N)CCCl. The van der Waals surface area contributed by atoms with Gasteiger partial charge in [0.25, 0.3) is 0 Å². The first-order valence-electron chi connectivity index (χ1n) is 3.16. The lowest BCUT2D eigenvalue weighted by Crippen LogP contribution is -1.93. The van der Waals surface area contributed by atoms with Gasteiger partial charge in [-0.3, -0.25) is 0 Å². The van der Waals surface area contributed by atoms with Crippen LogP contribution in [0.15, 0.2) is 0 Å². The van der Waals surface area contributed by atoms with E-state index in [-0.39, 0.29) is 0 Å². The minimum absolute atomic E-state index is 0.572. The van der Waals surface area contributed by atoms with Gasteiger partial charge in [-0.2, -0.15) is 5.26 Å². The summed E-state index contributed by atoms with van der Waals surface area (Å²) in [7, 11) is 0. The van der Waals surface area contributed by atoms with Crippen molar-refractivity contribution in [2.24, 2.45) is 0 Å². The Hall–Kier alpha value is -0.220. The van der Waals surface area contributed by atoms with Gasteiger partial charge in [-0.15, -0.1) is 11.6 Å². The highest BCUT2D eigenvalue weighted by Crippen LogP contribution is 2.12. The molecular formula is C7H11ClN. The third kappa shape index (κ3) is 4.29. The number of nitrogens with zero attached hydrogens (tertiary/aromatic N) is 1. The first kappa shape index (κ1) is 8.78. The van der Waals surface area contributed by atoms with Crippen LogP contribution in [0.25, 0.3) is 0 Å². The van der Waals surface area contributed by atoms with Gasteiger partial charge in [0.15, 0.2) is 0 Å². The average Bonchev–Trinajstić information content (AvgIpc) is 1.88. The highest BCUT2D eigenvalue weighted by Gasteiger charge is 2.04. The third-order valence-electron chi connectivity index (χ3n) is 1.11. The fourth-order valence-electron chi connectivity index (χ4n) is 0.653. The van der Waals surface area contributed by atoms with Crippen LogP contribution in [0.1, 0.15) is 26.2 Å². The Morgan fingerprint density at radius 2 is 2.22 bits per heavy atom. The van der Waals surface area contributed by atoms with E-state index >= 15 is 0 Å². The molecule has 2 heteroatoms. The molecule has 0 rings (SSSR count). The summed E-state index contributed by atoms with van der Waals surface area (Å²) in [6.45, 7) is 2.06. The highest BCUT2D eigenvalue weighted by atomic mass is 35.5. The summed E-state index contributed by atoms with van der Waals surface area (Å²) < 4.78 is 0. The molecule has 9 heavy (non-hydrogen) atoms. The van der Waals surface area contributed by atoms with Crippen molar-refractivity contribution in [1.29, 1.82) is 5.26 Å². The van der Waals surface area contributed by atoms with Gasteiger partial charge in [0, 0.05) is 5.88 Å². The lowest BCUT2D eigenvalue weighted by molar-refractivity contribution is 0.792. The standard InChI is InChI=1S/C7H11ClN/c1-2-3-7(6-9)4-5-8/h2-5H2,1H3. The first-order valence-corrected chi connectivity index (χ1v) is 3.69. The number of halogens is 1. The van der Waals surface area contributed by atoms with Gasteiger partial charge >= 0.3 is 0 Å². The summed E-state index contributed by atoms with van der Waals surface area (Å²) in [5, 5.41) is 8.44. The van der Waals surface area contributed by atoms with Gasteiger partial charge in [0.2, 0.25) is 0 Å². The van der Waals surface area contributed by atoms with Gasteiger partial charge in [-0.1, -0.05) is 13.3 Å². The zero-order chi connectivity index (χ0) is 7.11. The Balaban J connectivity index is 3.32. The predicted octanol–water partition coefficient (Wildman–Crippen LogP) is 2.51. The summed E-state index contributed by atoms with van der Waals surface area (Å²) in [5.74, 6) is 1.50. The van der Waals surface area contributed by atoms with Crippen molar-refractivity contribution in [1.82, 2.24) is 0 Å². The second-order valence-corrected chi connectivity index (χ2v) is 2.28. The number of alkyl halides is 1. The molecule has 0 heterocycles. The largest absolute Gasteiger partial charge is 0.198 e. The summed E-state index contributed by atoms with van der Waals surface area (Å²) in [6, 6.07) is 2.14. The van der Waals surface area contributed by atoms with Crippen molar-refractivity contribution >= 4 is 11.6 Å². The van der Waals surface area contributed by atoms with E-state index in [4.69, 9.17) is 16.9 Å². The number of hydrogen-bond acceptors (Lipinski definition) is 1.